The second-order valence-electron chi connectivity index (χ2n) is 5.19. The maximum atomic E-state index is 12.4. The molecule has 0 aliphatic carbocycles. The highest BCUT2D eigenvalue weighted by Crippen LogP contribution is 2.24. The Morgan fingerprint density at radius 1 is 1.08 bits per heavy atom. The summed E-state index contributed by atoms with van der Waals surface area (Å²) in [6.07, 6.45) is 0.875. The molecular weight excluding hydrogens is 308 g/mol. The Kier molecular flexibility index (Phi) is 4.61. The van der Waals surface area contributed by atoms with Crippen molar-refractivity contribution < 1.29 is 18.7 Å². The van der Waals surface area contributed by atoms with Crippen LogP contribution in [0, 0.1) is 0 Å². The first-order valence-corrected chi connectivity index (χ1v) is 7.65. The average Bonchev–Trinajstić information content (AvgIpc) is 2.60. The Balaban J connectivity index is 1.89. The summed E-state index contributed by atoms with van der Waals surface area (Å²) in [7, 11) is 0. The summed E-state index contributed by atoms with van der Waals surface area (Å²) in [5.74, 6) is 0.211. The normalized spacial score (nSPS) is 10.5. The van der Waals surface area contributed by atoms with Gasteiger partial charge in [-0.1, -0.05) is 25.1 Å². The van der Waals surface area contributed by atoms with Gasteiger partial charge in [0.05, 0.1) is 23.6 Å². The van der Waals surface area contributed by atoms with Crippen LogP contribution in [-0.4, -0.2) is 12.6 Å². The van der Waals surface area contributed by atoms with Gasteiger partial charge in [-0.05, 0) is 36.8 Å². The predicted molar refractivity (Wildman–Crippen MR) is 89.7 cm³/mol. The van der Waals surface area contributed by atoms with Crippen molar-refractivity contribution in [2.45, 2.75) is 13.3 Å². The number of hydrogen-bond acceptors (Lipinski definition) is 5. The zero-order chi connectivity index (χ0) is 16.9. The molecule has 0 bridgehead atoms. The minimum Gasteiger partial charge on any atom is -0.494 e. The van der Waals surface area contributed by atoms with Crippen molar-refractivity contribution >= 4 is 16.9 Å². The molecule has 1 aromatic heterocycles. The van der Waals surface area contributed by atoms with Gasteiger partial charge in [-0.2, -0.15) is 0 Å². The highest BCUT2D eigenvalue weighted by molar-refractivity contribution is 5.94. The van der Waals surface area contributed by atoms with Crippen LogP contribution in [0.2, 0.25) is 0 Å². The summed E-state index contributed by atoms with van der Waals surface area (Å²) in [5.41, 5.74) is 0.144. The molecule has 0 N–H and O–H groups in total. The number of rotatable bonds is 5. The van der Waals surface area contributed by atoms with Crippen molar-refractivity contribution in [3.05, 3.63) is 70.6 Å². The van der Waals surface area contributed by atoms with Gasteiger partial charge in [-0.25, -0.2) is 9.59 Å². The summed E-state index contributed by atoms with van der Waals surface area (Å²) in [6.45, 7) is 2.58. The van der Waals surface area contributed by atoms with Crippen LogP contribution in [0.1, 0.15) is 23.7 Å². The van der Waals surface area contributed by atoms with Crippen LogP contribution in [0.25, 0.3) is 11.0 Å². The molecule has 0 spiro atoms. The Morgan fingerprint density at radius 2 is 1.92 bits per heavy atom. The number of fused-ring (bicyclic) bond motifs is 1. The van der Waals surface area contributed by atoms with E-state index < -0.39 is 11.6 Å². The van der Waals surface area contributed by atoms with E-state index in [0.717, 1.165) is 12.5 Å². The van der Waals surface area contributed by atoms with Crippen molar-refractivity contribution in [2.75, 3.05) is 6.61 Å². The number of carbonyl (C=O) groups excluding carboxylic acids is 1. The molecule has 0 aliphatic heterocycles. The van der Waals surface area contributed by atoms with Crippen LogP contribution in [0.5, 0.6) is 11.5 Å². The fraction of sp³-hybridized carbons (Fsp3) is 0.158. The first kappa shape index (κ1) is 15.8. The molecule has 0 aliphatic rings. The van der Waals surface area contributed by atoms with Gasteiger partial charge in [0.1, 0.15) is 17.1 Å². The monoisotopic (exact) mass is 324 g/mol. The van der Waals surface area contributed by atoms with Crippen LogP contribution in [0.15, 0.2) is 63.8 Å². The van der Waals surface area contributed by atoms with Gasteiger partial charge >= 0.3 is 11.6 Å². The number of ether oxygens (including phenoxy) is 2. The van der Waals surface area contributed by atoms with Gasteiger partial charge in [-0.15, -0.1) is 0 Å². The summed E-state index contributed by atoms with van der Waals surface area (Å²) < 4.78 is 16.0. The molecular formula is C19H16O5. The molecule has 3 rings (SSSR count). The van der Waals surface area contributed by atoms with Crippen LogP contribution in [0.4, 0.5) is 0 Å². The minimum atomic E-state index is -0.573. The molecule has 5 heteroatoms. The second-order valence-corrected chi connectivity index (χ2v) is 5.19. The fourth-order valence-corrected chi connectivity index (χ4v) is 2.26. The molecule has 0 saturated heterocycles. The first-order valence-electron chi connectivity index (χ1n) is 7.65. The molecule has 3 aromatic rings. The maximum absolute atomic E-state index is 12.4. The first-order chi connectivity index (χ1) is 11.7. The van der Waals surface area contributed by atoms with E-state index >= 15 is 0 Å². The van der Waals surface area contributed by atoms with Crippen LogP contribution < -0.4 is 15.1 Å². The molecule has 1 heterocycles. The van der Waals surface area contributed by atoms with Gasteiger partial charge in [0, 0.05) is 0 Å². The molecule has 0 fully saturated rings. The number of carbonyl (C=O) groups is 1. The van der Waals surface area contributed by atoms with E-state index in [0.29, 0.717) is 28.9 Å². The lowest BCUT2D eigenvalue weighted by molar-refractivity contribution is 0.0736. The van der Waals surface area contributed by atoms with E-state index in [4.69, 9.17) is 13.9 Å². The Hall–Kier alpha value is -3.08. The zero-order valence-corrected chi connectivity index (χ0v) is 13.2. The average molecular weight is 324 g/mol. The lowest BCUT2D eigenvalue weighted by atomic mass is 10.2. The molecule has 24 heavy (non-hydrogen) atoms. The van der Waals surface area contributed by atoms with Gasteiger partial charge < -0.3 is 13.9 Å². The summed E-state index contributed by atoms with van der Waals surface area (Å²) in [5, 5.41) is 0.559. The molecule has 0 atom stereocenters. The molecule has 0 radical (unpaired) electrons. The van der Waals surface area contributed by atoms with Crippen LogP contribution in [-0.2, 0) is 0 Å². The highest BCUT2D eigenvalue weighted by atomic mass is 16.5. The molecule has 0 saturated carbocycles. The van der Waals surface area contributed by atoms with E-state index in [1.54, 1.807) is 48.5 Å². The maximum Gasteiger partial charge on any atom is 0.343 e. The smallest absolute Gasteiger partial charge is 0.343 e. The van der Waals surface area contributed by atoms with Gasteiger partial charge in [0.25, 0.3) is 0 Å². The number of para-hydroxylation sites is 1. The van der Waals surface area contributed by atoms with Crippen LogP contribution >= 0.6 is 0 Å². The van der Waals surface area contributed by atoms with Crippen molar-refractivity contribution in [3.8, 4) is 11.5 Å². The van der Waals surface area contributed by atoms with E-state index in [2.05, 4.69) is 0 Å². The molecule has 2 aromatic carbocycles. The minimum absolute atomic E-state index is 0.173. The summed E-state index contributed by atoms with van der Waals surface area (Å²) >= 11 is 0. The predicted octanol–water partition coefficient (Wildman–Crippen LogP) is 3.80. The highest BCUT2D eigenvalue weighted by Gasteiger charge is 2.13. The second kappa shape index (κ2) is 7.00. The van der Waals surface area contributed by atoms with Gasteiger partial charge in [0.2, 0.25) is 0 Å². The summed E-state index contributed by atoms with van der Waals surface area (Å²) in [6, 6.07) is 14.8. The lowest BCUT2D eigenvalue weighted by Gasteiger charge is -2.08. The quantitative estimate of drug-likeness (QED) is 0.527. The Morgan fingerprint density at radius 3 is 2.75 bits per heavy atom. The third kappa shape index (κ3) is 3.46. The largest absolute Gasteiger partial charge is 0.494 e. The van der Waals surface area contributed by atoms with Crippen molar-refractivity contribution in [3.63, 3.8) is 0 Å². The Labute approximate surface area is 138 Å². The third-order valence-electron chi connectivity index (χ3n) is 3.36. The van der Waals surface area contributed by atoms with Crippen molar-refractivity contribution in [1.29, 1.82) is 0 Å². The van der Waals surface area contributed by atoms with Gasteiger partial charge in [-0.3, -0.25) is 0 Å². The van der Waals surface area contributed by atoms with E-state index in [9.17, 15) is 9.59 Å². The SMILES string of the molecule is CCCOc1cccc(C(=O)Oc2cc(=O)oc3ccccc23)c1. The number of esters is 1. The van der Waals surface area contributed by atoms with Crippen molar-refractivity contribution in [1.82, 2.24) is 0 Å². The molecule has 0 unspecified atom stereocenters. The Bertz CT molecular complexity index is 926. The standard InChI is InChI=1S/C19H16O5/c1-2-10-22-14-7-5-6-13(11-14)19(21)24-17-12-18(20)23-16-9-4-3-8-15(16)17/h3-9,11-12H,2,10H2,1H3. The topological polar surface area (TPSA) is 65.7 Å². The number of hydrogen-bond donors (Lipinski definition) is 0. The molecule has 122 valence electrons. The zero-order valence-electron chi connectivity index (χ0n) is 13.2. The molecule has 0 amide bonds. The third-order valence-corrected chi connectivity index (χ3v) is 3.36. The fourth-order valence-electron chi connectivity index (χ4n) is 2.26. The molecule has 5 nitrogen and oxygen atoms in total. The van der Waals surface area contributed by atoms with E-state index in [-0.39, 0.29) is 5.75 Å². The number of benzene rings is 2. The van der Waals surface area contributed by atoms with E-state index in [1.165, 1.54) is 0 Å². The van der Waals surface area contributed by atoms with Crippen molar-refractivity contribution in [2.24, 2.45) is 0 Å². The van der Waals surface area contributed by atoms with Crippen LogP contribution in [0.3, 0.4) is 0 Å². The van der Waals surface area contributed by atoms with E-state index in [1.807, 2.05) is 6.92 Å². The summed E-state index contributed by atoms with van der Waals surface area (Å²) in [4.78, 5) is 24.0. The van der Waals surface area contributed by atoms with Gasteiger partial charge in [0.15, 0.2) is 0 Å². The lowest BCUT2D eigenvalue weighted by Crippen LogP contribution is -2.11.